The van der Waals surface area contributed by atoms with E-state index in [0.29, 0.717) is 35.7 Å². The van der Waals surface area contributed by atoms with Crippen molar-refractivity contribution in [1.82, 2.24) is 10.2 Å². The fourth-order valence-electron chi connectivity index (χ4n) is 4.16. The largest absolute Gasteiger partial charge is 0.409 e. The number of carbonyl (C=O) groups excluding carboxylic acids is 3. The topological polar surface area (TPSA) is 81.8 Å². The van der Waals surface area contributed by atoms with Crippen LogP contribution in [0.1, 0.15) is 28.9 Å². The zero-order valence-electron chi connectivity index (χ0n) is 17.6. The summed E-state index contributed by atoms with van der Waals surface area (Å²) in [7, 11) is 0. The average molecular weight is 481 g/mol. The molecule has 0 radical (unpaired) electrons. The number of alkyl halides is 3. The summed E-state index contributed by atoms with van der Waals surface area (Å²) in [5.74, 6) is -1.66. The summed E-state index contributed by atoms with van der Waals surface area (Å²) < 4.78 is 41.5. The average Bonchev–Trinajstić information content (AvgIpc) is 3.25. The molecule has 0 bridgehead atoms. The quantitative estimate of drug-likeness (QED) is 0.704. The van der Waals surface area contributed by atoms with E-state index in [4.69, 9.17) is 0 Å². The lowest BCUT2D eigenvalue weighted by molar-refractivity contribution is -0.158. The molecule has 1 saturated heterocycles. The molecule has 0 spiro atoms. The Bertz CT molecular complexity index is 1020. The third-order valence-electron chi connectivity index (χ3n) is 5.80. The van der Waals surface area contributed by atoms with Crippen molar-refractivity contribution in [2.24, 2.45) is 0 Å². The zero-order chi connectivity index (χ0) is 23.6. The number of benzene rings is 1. The van der Waals surface area contributed by atoms with Gasteiger partial charge in [-0.2, -0.15) is 13.2 Å². The van der Waals surface area contributed by atoms with E-state index in [9.17, 15) is 27.6 Å². The molecule has 7 nitrogen and oxygen atoms in total. The summed E-state index contributed by atoms with van der Waals surface area (Å²) in [5.41, 5.74) is 0.214. The molecule has 1 unspecified atom stereocenters. The lowest BCUT2D eigenvalue weighted by Crippen LogP contribution is -2.54. The molecule has 1 aromatic heterocycles. The summed E-state index contributed by atoms with van der Waals surface area (Å²) in [6, 6.07) is 7.25. The van der Waals surface area contributed by atoms with Gasteiger partial charge in [0.1, 0.15) is 6.04 Å². The normalized spacial score (nSPS) is 20.0. The number of halogens is 3. The van der Waals surface area contributed by atoms with E-state index < -0.39 is 30.5 Å². The molecule has 33 heavy (non-hydrogen) atoms. The fraction of sp³-hybridized carbons (Fsp3) is 0.409. The Kier molecular flexibility index (Phi) is 6.71. The van der Waals surface area contributed by atoms with E-state index in [-0.39, 0.29) is 29.9 Å². The van der Waals surface area contributed by atoms with Gasteiger partial charge in [0.25, 0.3) is 5.91 Å². The van der Waals surface area contributed by atoms with Crippen molar-refractivity contribution in [3.05, 3.63) is 46.7 Å². The number of fused-ring (bicyclic) bond motifs is 1. The van der Waals surface area contributed by atoms with Crippen LogP contribution < -0.4 is 15.5 Å². The molecule has 1 aromatic carbocycles. The maximum Gasteiger partial charge on any atom is 0.409 e. The van der Waals surface area contributed by atoms with Crippen LogP contribution in [0.2, 0.25) is 0 Å². The first-order valence-electron chi connectivity index (χ1n) is 10.6. The molecule has 11 heteroatoms. The molecule has 3 heterocycles. The van der Waals surface area contributed by atoms with E-state index in [1.165, 1.54) is 29.5 Å². The van der Waals surface area contributed by atoms with Gasteiger partial charge in [0.15, 0.2) is 0 Å². The predicted molar refractivity (Wildman–Crippen MR) is 118 cm³/mol. The fourth-order valence-corrected chi connectivity index (χ4v) is 4.79. The molecule has 2 N–H and O–H groups in total. The van der Waals surface area contributed by atoms with Gasteiger partial charge in [0.2, 0.25) is 11.8 Å². The van der Waals surface area contributed by atoms with E-state index in [2.05, 4.69) is 10.6 Å². The molecule has 1 atom stereocenters. The number of hydrogen-bond acceptors (Lipinski definition) is 5. The molecule has 1 fully saturated rings. The van der Waals surface area contributed by atoms with E-state index >= 15 is 0 Å². The number of anilines is 2. The number of para-hydroxylation sites is 2. The second kappa shape index (κ2) is 9.52. The highest BCUT2D eigenvalue weighted by molar-refractivity contribution is 7.12. The molecule has 0 saturated carbocycles. The monoisotopic (exact) mass is 480 g/mol. The summed E-state index contributed by atoms with van der Waals surface area (Å²) in [6.45, 7) is 0.718. The number of amides is 3. The SMILES string of the molecule is O=C1CC(C(F)(F)F)N(C(=O)CN2CCC(NC(=O)c3cccs3)CC2)c2ccccc2N1. The van der Waals surface area contributed by atoms with Crippen molar-refractivity contribution in [2.45, 2.75) is 37.5 Å². The Balaban J connectivity index is 1.43. The van der Waals surface area contributed by atoms with Crippen molar-refractivity contribution >= 4 is 40.4 Å². The van der Waals surface area contributed by atoms with Crippen LogP contribution in [0.3, 0.4) is 0 Å². The molecule has 2 aliphatic heterocycles. The maximum atomic E-state index is 13.8. The maximum absolute atomic E-state index is 13.8. The van der Waals surface area contributed by atoms with Gasteiger partial charge in [0, 0.05) is 19.1 Å². The minimum Gasteiger partial charge on any atom is -0.349 e. The Morgan fingerprint density at radius 3 is 2.52 bits per heavy atom. The van der Waals surface area contributed by atoms with Crippen LogP contribution in [-0.4, -0.2) is 60.5 Å². The first kappa shape index (κ1) is 23.2. The molecule has 176 valence electrons. The van der Waals surface area contributed by atoms with Crippen molar-refractivity contribution < 1.29 is 27.6 Å². The minimum atomic E-state index is -4.76. The Hall–Kier alpha value is -2.92. The molecular formula is C22H23F3N4O3S. The van der Waals surface area contributed by atoms with Crippen molar-refractivity contribution in [3.8, 4) is 0 Å². The Morgan fingerprint density at radius 1 is 1.12 bits per heavy atom. The molecule has 0 aliphatic carbocycles. The summed E-state index contributed by atoms with van der Waals surface area (Å²) in [4.78, 5) is 40.6. The first-order chi connectivity index (χ1) is 15.7. The van der Waals surface area contributed by atoms with Crippen molar-refractivity contribution in [3.63, 3.8) is 0 Å². The number of rotatable bonds is 4. The van der Waals surface area contributed by atoms with Gasteiger partial charge in [-0.05, 0) is 36.4 Å². The number of piperidine rings is 1. The molecule has 4 rings (SSSR count). The van der Waals surface area contributed by atoms with Crippen LogP contribution in [-0.2, 0) is 9.59 Å². The number of carbonyl (C=O) groups is 3. The van der Waals surface area contributed by atoms with Gasteiger partial charge in [0.05, 0.1) is 29.2 Å². The second-order valence-electron chi connectivity index (χ2n) is 8.09. The lowest BCUT2D eigenvalue weighted by Gasteiger charge is -2.36. The highest BCUT2D eigenvalue weighted by Crippen LogP contribution is 2.37. The smallest absolute Gasteiger partial charge is 0.349 e. The number of thiophene rings is 1. The lowest BCUT2D eigenvalue weighted by atomic mass is 10.0. The van der Waals surface area contributed by atoms with E-state index in [1.807, 2.05) is 5.38 Å². The zero-order valence-corrected chi connectivity index (χ0v) is 18.4. The number of nitrogens with one attached hydrogen (secondary N) is 2. The Morgan fingerprint density at radius 2 is 1.85 bits per heavy atom. The van der Waals surface area contributed by atoms with Crippen molar-refractivity contribution in [1.29, 1.82) is 0 Å². The van der Waals surface area contributed by atoms with E-state index in [0.717, 1.165) is 0 Å². The van der Waals surface area contributed by atoms with Crippen LogP contribution >= 0.6 is 11.3 Å². The first-order valence-corrected chi connectivity index (χ1v) is 11.4. The highest BCUT2D eigenvalue weighted by atomic mass is 32.1. The van der Waals surface area contributed by atoms with Gasteiger partial charge >= 0.3 is 6.18 Å². The van der Waals surface area contributed by atoms with Gasteiger partial charge < -0.3 is 10.6 Å². The van der Waals surface area contributed by atoms with Crippen LogP contribution in [0.4, 0.5) is 24.5 Å². The number of nitrogens with zero attached hydrogens (tertiary/aromatic N) is 2. The molecule has 2 aliphatic rings. The number of likely N-dealkylation sites (tertiary alicyclic amines) is 1. The predicted octanol–water partition coefficient (Wildman–Crippen LogP) is 3.25. The van der Waals surface area contributed by atoms with Gasteiger partial charge in [-0.1, -0.05) is 18.2 Å². The Labute approximate surface area is 192 Å². The number of hydrogen-bond donors (Lipinski definition) is 2. The standard InChI is InChI=1S/C22H23F3N4O3S/c23-22(24,25)18-12-19(30)27-15-4-1-2-5-16(15)29(18)20(31)13-28-9-7-14(8-10-28)26-21(32)17-6-3-11-33-17/h1-6,11,14,18H,7-10,12-13H2,(H,26,32)(H,27,30). The van der Waals surface area contributed by atoms with Crippen LogP contribution in [0.25, 0.3) is 0 Å². The van der Waals surface area contributed by atoms with Crippen LogP contribution in [0.5, 0.6) is 0 Å². The van der Waals surface area contributed by atoms with E-state index in [1.54, 1.807) is 23.1 Å². The van der Waals surface area contributed by atoms with Crippen LogP contribution in [0, 0.1) is 0 Å². The van der Waals surface area contributed by atoms with Gasteiger partial charge in [-0.25, -0.2) is 0 Å². The summed E-state index contributed by atoms with van der Waals surface area (Å²) in [6.07, 6.45) is -4.45. The third kappa shape index (κ3) is 5.36. The van der Waals surface area contributed by atoms with Gasteiger partial charge in [-0.15, -0.1) is 11.3 Å². The van der Waals surface area contributed by atoms with Crippen LogP contribution in [0.15, 0.2) is 41.8 Å². The second-order valence-corrected chi connectivity index (χ2v) is 9.04. The third-order valence-corrected chi connectivity index (χ3v) is 6.67. The molecular weight excluding hydrogens is 457 g/mol. The summed E-state index contributed by atoms with van der Waals surface area (Å²) in [5, 5.41) is 7.25. The minimum absolute atomic E-state index is 0.0359. The highest BCUT2D eigenvalue weighted by Gasteiger charge is 2.49. The van der Waals surface area contributed by atoms with Gasteiger partial charge in [-0.3, -0.25) is 24.2 Å². The molecule has 3 amide bonds. The molecule has 2 aromatic rings. The van der Waals surface area contributed by atoms with Crippen molar-refractivity contribution in [2.75, 3.05) is 29.9 Å². The summed E-state index contributed by atoms with van der Waals surface area (Å²) >= 11 is 1.35.